The third-order valence-corrected chi connectivity index (χ3v) is 2.29. The number of aromatic nitrogens is 1. The van der Waals surface area contributed by atoms with Crippen molar-refractivity contribution in [2.24, 2.45) is 5.73 Å². The predicted molar refractivity (Wildman–Crippen MR) is 65.2 cm³/mol. The minimum atomic E-state index is 0.497. The van der Waals surface area contributed by atoms with Crippen molar-refractivity contribution in [3.8, 4) is 17.4 Å². The molecule has 0 fully saturated rings. The maximum Gasteiger partial charge on any atom is 0.216 e. The molecule has 0 aliphatic heterocycles. The zero-order chi connectivity index (χ0) is 12.1. The number of hydrogen-bond donors (Lipinski definition) is 1. The first-order valence-corrected chi connectivity index (χ1v) is 5.28. The Hall–Kier alpha value is -2.07. The maximum absolute atomic E-state index is 5.69. The van der Waals surface area contributed by atoms with E-state index in [0.717, 1.165) is 11.3 Å². The molecule has 0 aliphatic carbocycles. The van der Waals surface area contributed by atoms with Crippen molar-refractivity contribution in [1.29, 1.82) is 0 Å². The van der Waals surface area contributed by atoms with Crippen molar-refractivity contribution < 1.29 is 9.47 Å². The molecule has 1 aromatic heterocycles. The average molecular weight is 230 g/mol. The summed E-state index contributed by atoms with van der Waals surface area (Å²) in [5.74, 6) is 1.96. The highest BCUT2D eigenvalue weighted by atomic mass is 16.5. The summed E-state index contributed by atoms with van der Waals surface area (Å²) in [5.41, 5.74) is 6.60. The van der Waals surface area contributed by atoms with E-state index in [-0.39, 0.29) is 0 Å². The van der Waals surface area contributed by atoms with Gasteiger partial charge in [-0.25, -0.2) is 4.98 Å². The largest absolute Gasteiger partial charge is 0.481 e. The summed E-state index contributed by atoms with van der Waals surface area (Å²) in [4.78, 5) is 4.01. The molecule has 88 valence electrons. The molecule has 0 radical (unpaired) electrons. The molecule has 1 aromatic carbocycles. The van der Waals surface area contributed by atoms with Crippen LogP contribution in [0.1, 0.15) is 5.56 Å². The lowest BCUT2D eigenvalue weighted by molar-refractivity contribution is 0.392. The van der Waals surface area contributed by atoms with E-state index in [9.17, 15) is 0 Å². The lowest BCUT2D eigenvalue weighted by Gasteiger charge is -2.07. The summed E-state index contributed by atoms with van der Waals surface area (Å²) in [7, 11) is 1.57. The van der Waals surface area contributed by atoms with Crippen LogP contribution >= 0.6 is 0 Å². The van der Waals surface area contributed by atoms with E-state index in [2.05, 4.69) is 4.98 Å². The molecule has 0 saturated heterocycles. The summed E-state index contributed by atoms with van der Waals surface area (Å²) in [6, 6.07) is 11.2. The van der Waals surface area contributed by atoms with E-state index in [1.807, 2.05) is 24.3 Å². The highest BCUT2D eigenvalue weighted by Gasteiger charge is 2.00. The Morgan fingerprint density at radius 1 is 1.18 bits per heavy atom. The lowest BCUT2D eigenvalue weighted by Crippen LogP contribution is -1.96. The van der Waals surface area contributed by atoms with Gasteiger partial charge in [0.05, 0.1) is 7.11 Å². The first-order valence-electron chi connectivity index (χ1n) is 5.28. The highest BCUT2D eigenvalue weighted by Crippen LogP contribution is 2.24. The molecule has 0 spiro atoms. The smallest absolute Gasteiger partial charge is 0.216 e. The fraction of sp³-hybridized carbons (Fsp3) is 0.154. The van der Waals surface area contributed by atoms with Gasteiger partial charge in [-0.2, -0.15) is 0 Å². The SMILES string of the molecule is COc1cc(Oc2cccc(CN)c2)ccn1. The van der Waals surface area contributed by atoms with E-state index >= 15 is 0 Å². The number of rotatable bonds is 4. The molecular weight excluding hydrogens is 216 g/mol. The molecule has 0 unspecified atom stereocenters. The van der Waals surface area contributed by atoms with Crippen LogP contribution in [0.4, 0.5) is 0 Å². The Labute approximate surface area is 100 Å². The number of benzene rings is 1. The summed E-state index contributed by atoms with van der Waals surface area (Å²) >= 11 is 0. The van der Waals surface area contributed by atoms with Gasteiger partial charge in [-0.15, -0.1) is 0 Å². The van der Waals surface area contributed by atoms with Gasteiger partial charge in [-0.1, -0.05) is 12.1 Å². The van der Waals surface area contributed by atoms with Crippen molar-refractivity contribution in [2.45, 2.75) is 6.54 Å². The fourth-order valence-electron chi connectivity index (χ4n) is 1.44. The molecule has 0 amide bonds. The topological polar surface area (TPSA) is 57.4 Å². The predicted octanol–water partition coefficient (Wildman–Crippen LogP) is 2.34. The van der Waals surface area contributed by atoms with Gasteiger partial charge < -0.3 is 15.2 Å². The van der Waals surface area contributed by atoms with Gasteiger partial charge in [-0.3, -0.25) is 0 Å². The van der Waals surface area contributed by atoms with E-state index in [1.165, 1.54) is 0 Å². The Morgan fingerprint density at radius 2 is 2.00 bits per heavy atom. The number of methoxy groups -OCH3 is 1. The minimum absolute atomic E-state index is 0.497. The van der Waals surface area contributed by atoms with Gasteiger partial charge in [-0.05, 0) is 23.8 Å². The van der Waals surface area contributed by atoms with Crippen LogP contribution in [0, 0.1) is 0 Å². The van der Waals surface area contributed by atoms with Crippen LogP contribution in [-0.4, -0.2) is 12.1 Å². The van der Waals surface area contributed by atoms with Crippen molar-refractivity contribution in [2.75, 3.05) is 7.11 Å². The minimum Gasteiger partial charge on any atom is -0.481 e. The van der Waals surface area contributed by atoms with Gasteiger partial charge in [0.1, 0.15) is 11.5 Å². The molecule has 1 heterocycles. The summed E-state index contributed by atoms with van der Waals surface area (Å²) in [6.07, 6.45) is 1.64. The second kappa shape index (κ2) is 5.32. The van der Waals surface area contributed by atoms with Gasteiger partial charge in [0.25, 0.3) is 0 Å². The second-order valence-electron chi connectivity index (χ2n) is 3.49. The van der Waals surface area contributed by atoms with E-state index in [1.54, 1.807) is 25.4 Å². The average Bonchev–Trinajstić information content (AvgIpc) is 2.39. The third-order valence-electron chi connectivity index (χ3n) is 2.29. The fourth-order valence-corrected chi connectivity index (χ4v) is 1.44. The Balaban J connectivity index is 2.18. The monoisotopic (exact) mass is 230 g/mol. The molecule has 0 atom stereocenters. The number of ether oxygens (including phenoxy) is 2. The second-order valence-corrected chi connectivity index (χ2v) is 3.49. The first-order chi connectivity index (χ1) is 8.31. The standard InChI is InChI=1S/C13H14N2O2/c1-16-13-8-12(5-6-15-13)17-11-4-2-3-10(7-11)9-14/h2-8H,9,14H2,1H3. The molecule has 0 saturated carbocycles. The van der Waals surface area contributed by atoms with Crippen molar-refractivity contribution in [3.63, 3.8) is 0 Å². The number of pyridine rings is 1. The van der Waals surface area contributed by atoms with Crippen LogP contribution in [0.15, 0.2) is 42.6 Å². The van der Waals surface area contributed by atoms with Crippen LogP contribution in [-0.2, 0) is 6.54 Å². The van der Waals surface area contributed by atoms with E-state index < -0.39 is 0 Å². The quantitative estimate of drug-likeness (QED) is 0.875. The molecule has 2 N–H and O–H groups in total. The maximum atomic E-state index is 5.69. The molecule has 2 rings (SSSR count). The third kappa shape index (κ3) is 2.95. The zero-order valence-electron chi connectivity index (χ0n) is 9.59. The first kappa shape index (κ1) is 11.4. The molecule has 4 nitrogen and oxygen atoms in total. The van der Waals surface area contributed by atoms with Crippen molar-refractivity contribution >= 4 is 0 Å². The van der Waals surface area contributed by atoms with Gasteiger partial charge in [0, 0.05) is 18.8 Å². The Morgan fingerprint density at radius 3 is 2.76 bits per heavy atom. The number of nitrogens with two attached hydrogens (primary N) is 1. The molecule has 0 aliphatic rings. The molecule has 17 heavy (non-hydrogen) atoms. The number of hydrogen-bond acceptors (Lipinski definition) is 4. The summed E-state index contributed by atoms with van der Waals surface area (Å²) < 4.78 is 10.7. The van der Waals surface area contributed by atoms with E-state index in [0.29, 0.717) is 18.2 Å². The van der Waals surface area contributed by atoms with Gasteiger partial charge >= 0.3 is 0 Å². The van der Waals surface area contributed by atoms with Crippen LogP contribution in [0.25, 0.3) is 0 Å². The normalized spacial score (nSPS) is 10.0. The van der Waals surface area contributed by atoms with Crippen LogP contribution < -0.4 is 15.2 Å². The zero-order valence-corrected chi connectivity index (χ0v) is 9.59. The molecular formula is C13H14N2O2. The highest BCUT2D eigenvalue weighted by molar-refractivity contribution is 5.35. The Bertz CT molecular complexity index is 455. The number of nitrogens with zero attached hydrogens (tertiary/aromatic N) is 1. The molecule has 2 aromatic rings. The van der Waals surface area contributed by atoms with Gasteiger partial charge in [0.2, 0.25) is 5.88 Å². The van der Waals surface area contributed by atoms with Crippen LogP contribution in [0.2, 0.25) is 0 Å². The molecule has 4 heteroatoms. The lowest BCUT2D eigenvalue weighted by atomic mass is 10.2. The molecule has 0 bridgehead atoms. The summed E-state index contributed by atoms with van der Waals surface area (Å²) in [5, 5.41) is 0. The summed E-state index contributed by atoms with van der Waals surface area (Å²) in [6.45, 7) is 0.497. The van der Waals surface area contributed by atoms with Crippen molar-refractivity contribution in [3.05, 3.63) is 48.2 Å². The van der Waals surface area contributed by atoms with Crippen LogP contribution in [0.5, 0.6) is 17.4 Å². The van der Waals surface area contributed by atoms with Crippen molar-refractivity contribution in [1.82, 2.24) is 4.98 Å². The Kier molecular flexibility index (Phi) is 3.57. The van der Waals surface area contributed by atoms with E-state index in [4.69, 9.17) is 15.2 Å². The van der Waals surface area contributed by atoms with Crippen LogP contribution in [0.3, 0.4) is 0 Å². The van der Waals surface area contributed by atoms with Gasteiger partial charge in [0.15, 0.2) is 0 Å².